The maximum absolute atomic E-state index is 9.33. The maximum atomic E-state index is 9.33. The lowest BCUT2D eigenvalue weighted by Crippen LogP contribution is -2.17. The molecule has 1 fully saturated rings. The minimum atomic E-state index is -0.700. The number of aliphatic hydroxyl groups excluding tert-OH is 1. The molecule has 0 aromatic heterocycles. The molecule has 3 unspecified atom stereocenters. The summed E-state index contributed by atoms with van der Waals surface area (Å²) in [6.45, 7) is 4.84. The zero-order valence-electron chi connectivity index (χ0n) is 9.22. The molecule has 1 heterocycles. The summed E-state index contributed by atoms with van der Waals surface area (Å²) in [6.07, 6.45) is 3.83. The molecule has 0 amide bonds. The second-order valence-electron chi connectivity index (χ2n) is 3.78. The molecule has 0 aromatic rings. The van der Waals surface area contributed by atoms with Crippen LogP contribution in [0, 0.1) is 5.92 Å². The van der Waals surface area contributed by atoms with Gasteiger partial charge in [-0.3, -0.25) is 0 Å². The van der Waals surface area contributed by atoms with Crippen molar-refractivity contribution < 1.29 is 19.2 Å². The lowest BCUT2D eigenvalue weighted by atomic mass is 9.97. The number of rotatable bonds is 7. The number of hydrogen-bond acceptors (Lipinski definition) is 4. The van der Waals surface area contributed by atoms with Crippen LogP contribution in [0.1, 0.15) is 19.3 Å². The summed E-state index contributed by atoms with van der Waals surface area (Å²) in [4.78, 5) is 0. The number of allylic oxidation sites excluding steroid dienone is 1. The maximum Gasteiger partial charge on any atom is 0.260 e. The molecule has 1 rings (SSSR count). The van der Waals surface area contributed by atoms with E-state index in [1.807, 2.05) is 6.08 Å². The summed E-state index contributed by atoms with van der Waals surface area (Å²) in [5, 5.41) is 9.33. The monoisotopic (exact) mass is 214 g/mol. The number of hydrogen-bond donors (Lipinski definition) is 1. The molecule has 4 nitrogen and oxygen atoms in total. The normalized spacial score (nSPS) is 25.0. The van der Waals surface area contributed by atoms with Crippen LogP contribution in [0.25, 0.3) is 0 Å². The van der Waals surface area contributed by atoms with Gasteiger partial charge in [0.1, 0.15) is 13.1 Å². The Kier molecular flexibility index (Phi) is 5.94. The third-order valence-electron chi connectivity index (χ3n) is 2.66. The molecule has 0 spiro atoms. The summed E-state index contributed by atoms with van der Waals surface area (Å²) >= 11 is 0. The lowest BCUT2D eigenvalue weighted by molar-refractivity contribution is -0.0269. The summed E-state index contributed by atoms with van der Waals surface area (Å²) < 4.78 is 15.2. The van der Waals surface area contributed by atoms with E-state index >= 15 is 0 Å². The molecule has 0 aliphatic carbocycles. The molecule has 15 heavy (non-hydrogen) atoms. The average molecular weight is 214 g/mol. The van der Waals surface area contributed by atoms with Gasteiger partial charge in [0.2, 0.25) is 0 Å². The Morgan fingerprint density at radius 2 is 2.47 bits per heavy atom. The Morgan fingerprint density at radius 3 is 3.00 bits per heavy atom. The topological polar surface area (TPSA) is 47.9 Å². The van der Waals surface area contributed by atoms with E-state index in [4.69, 9.17) is 14.1 Å². The molecule has 1 saturated heterocycles. The van der Waals surface area contributed by atoms with Crippen LogP contribution in [0.5, 0.6) is 0 Å². The van der Waals surface area contributed by atoms with Crippen molar-refractivity contribution in [1.29, 1.82) is 0 Å². The Labute approximate surface area is 91.6 Å². The first kappa shape index (κ1) is 12.7. The van der Waals surface area contributed by atoms with E-state index in [1.165, 1.54) is 8.05 Å². The van der Waals surface area contributed by atoms with Gasteiger partial charge in [-0.2, -0.15) is 0 Å². The largest absolute Gasteiger partial charge is 0.421 e. The van der Waals surface area contributed by atoms with Gasteiger partial charge >= 0.3 is 0 Å². The van der Waals surface area contributed by atoms with Gasteiger partial charge in [-0.05, 0) is 18.8 Å². The average Bonchev–Trinajstić information content (AvgIpc) is 2.76. The quantitative estimate of drug-likeness (QED) is 0.374. The van der Waals surface area contributed by atoms with E-state index in [9.17, 15) is 5.11 Å². The summed E-state index contributed by atoms with van der Waals surface area (Å²) in [7, 11) is 1.50. The summed E-state index contributed by atoms with van der Waals surface area (Å²) in [5.41, 5.74) is 0. The van der Waals surface area contributed by atoms with Crippen LogP contribution in [0.2, 0.25) is 0 Å². The summed E-state index contributed by atoms with van der Waals surface area (Å²) in [5.74, 6) is 0.268. The van der Waals surface area contributed by atoms with E-state index in [-0.39, 0.29) is 12.0 Å². The van der Waals surface area contributed by atoms with Crippen molar-refractivity contribution in [3.63, 3.8) is 0 Å². The van der Waals surface area contributed by atoms with Gasteiger partial charge in [-0.15, -0.1) is 6.58 Å². The number of aliphatic hydroxyl groups is 1. The summed E-state index contributed by atoms with van der Waals surface area (Å²) in [6, 6.07) is 0. The van der Waals surface area contributed by atoms with Gasteiger partial charge in [0.25, 0.3) is 8.05 Å². The molecule has 0 radical (unpaired) electrons. The highest BCUT2D eigenvalue weighted by Gasteiger charge is 2.18. The fourth-order valence-electron chi connectivity index (χ4n) is 1.63. The predicted octanol–water partition coefficient (Wildman–Crippen LogP) is 0.215. The van der Waals surface area contributed by atoms with Crippen molar-refractivity contribution in [3.8, 4) is 0 Å². The van der Waals surface area contributed by atoms with E-state index in [2.05, 4.69) is 6.58 Å². The second-order valence-corrected chi connectivity index (χ2v) is 3.78. The SMILES string of the molecule is BOC(O)CC(C=C)CCC1COCO1. The third-order valence-corrected chi connectivity index (χ3v) is 2.66. The van der Waals surface area contributed by atoms with Gasteiger partial charge in [-0.25, -0.2) is 0 Å². The van der Waals surface area contributed by atoms with Crippen molar-refractivity contribution in [1.82, 2.24) is 0 Å². The molecule has 86 valence electrons. The Hall–Kier alpha value is -0.355. The van der Waals surface area contributed by atoms with E-state index < -0.39 is 6.29 Å². The van der Waals surface area contributed by atoms with Crippen molar-refractivity contribution in [2.45, 2.75) is 31.7 Å². The first-order chi connectivity index (χ1) is 7.26. The molecule has 0 saturated carbocycles. The van der Waals surface area contributed by atoms with Gasteiger partial charge in [0, 0.05) is 6.42 Å². The second kappa shape index (κ2) is 7.01. The third kappa shape index (κ3) is 4.79. The number of ether oxygens (including phenoxy) is 2. The smallest absolute Gasteiger partial charge is 0.260 e. The highest BCUT2D eigenvalue weighted by Crippen LogP contribution is 2.19. The minimum Gasteiger partial charge on any atom is -0.421 e. The predicted molar refractivity (Wildman–Crippen MR) is 58.9 cm³/mol. The molecule has 1 aliphatic rings. The highest BCUT2D eigenvalue weighted by atomic mass is 16.7. The van der Waals surface area contributed by atoms with Crippen molar-refractivity contribution >= 4 is 8.05 Å². The fraction of sp³-hybridized carbons (Fsp3) is 0.800. The van der Waals surface area contributed by atoms with Crippen LogP contribution in [0.4, 0.5) is 0 Å². The van der Waals surface area contributed by atoms with Gasteiger partial charge in [0.15, 0.2) is 0 Å². The van der Waals surface area contributed by atoms with E-state index in [0.29, 0.717) is 19.8 Å². The molecular formula is C10H19BO4. The minimum absolute atomic E-state index is 0.201. The highest BCUT2D eigenvalue weighted by molar-refractivity contribution is 5.98. The van der Waals surface area contributed by atoms with E-state index in [1.54, 1.807) is 0 Å². The zero-order valence-corrected chi connectivity index (χ0v) is 9.22. The van der Waals surface area contributed by atoms with Crippen LogP contribution < -0.4 is 0 Å². The first-order valence-corrected chi connectivity index (χ1v) is 5.29. The van der Waals surface area contributed by atoms with Gasteiger partial charge in [0.05, 0.1) is 12.7 Å². The molecule has 0 aromatic carbocycles. The van der Waals surface area contributed by atoms with Crippen LogP contribution >= 0.6 is 0 Å². The van der Waals surface area contributed by atoms with Crippen molar-refractivity contribution in [2.24, 2.45) is 5.92 Å². The van der Waals surface area contributed by atoms with Gasteiger partial charge in [-0.1, -0.05) is 6.08 Å². The van der Waals surface area contributed by atoms with Crippen molar-refractivity contribution in [3.05, 3.63) is 12.7 Å². The first-order valence-electron chi connectivity index (χ1n) is 5.29. The van der Waals surface area contributed by atoms with Crippen molar-refractivity contribution in [2.75, 3.05) is 13.4 Å². The van der Waals surface area contributed by atoms with E-state index in [0.717, 1.165) is 12.8 Å². The Balaban J connectivity index is 2.17. The van der Waals surface area contributed by atoms with Crippen LogP contribution in [0.15, 0.2) is 12.7 Å². The van der Waals surface area contributed by atoms with Crippen LogP contribution in [0.3, 0.4) is 0 Å². The lowest BCUT2D eigenvalue weighted by Gasteiger charge is -2.17. The molecule has 1 N–H and O–H groups in total. The standard InChI is InChI=1S/C10H19BO4/c1-2-8(5-10(12)15-11)3-4-9-6-13-7-14-9/h2,8-10,12H,1,3-7,11H2. The molecule has 0 bridgehead atoms. The molecule has 1 aliphatic heterocycles. The van der Waals surface area contributed by atoms with Crippen LogP contribution in [-0.2, 0) is 14.1 Å². The fourth-order valence-corrected chi connectivity index (χ4v) is 1.63. The van der Waals surface area contributed by atoms with Crippen LogP contribution in [-0.4, -0.2) is 38.9 Å². The van der Waals surface area contributed by atoms with Gasteiger partial charge < -0.3 is 19.2 Å². The Bertz CT molecular complexity index is 182. The Morgan fingerprint density at radius 1 is 1.67 bits per heavy atom. The molecule has 5 heteroatoms. The molecular weight excluding hydrogens is 195 g/mol. The molecule has 3 atom stereocenters. The zero-order chi connectivity index (χ0) is 11.1.